The molecule has 0 aromatic carbocycles. The van der Waals surface area contributed by atoms with Crippen molar-refractivity contribution >= 4 is 17.6 Å². The Bertz CT molecular complexity index is 403. The van der Waals surface area contributed by atoms with Crippen molar-refractivity contribution < 1.29 is 9.53 Å². The molecule has 5 heteroatoms. The maximum Gasteiger partial charge on any atom is 0.318 e. The number of esters is 1. The number of hydrogen-bond donors (Lipinski definition) is 0. The molecule has 1 aromatic rings. The first-order valence-corrected chi connectivity index (χ1v) is 5.64. The molecular formula is C11H13ClN2O2. The lowest BCUT2D eigenvalue weighted by atomic mass is 9.83. The van der Waals surface area contributed by atoms with Crippen molar-refractivity contribution in [2.75, 3.05) is 7.11 Å². The molecule has 1 heterocycles. The normalized spacial score (nSPS) is 18.4. The number of aromatic nitrogens is 2. The summed E-state index contributed by atoms with van der Waals surface area (Å²) in [6.45, 7) is 0. The van der Waals surface area contributed by atoms with Crippen LogP contribution in [0.1, 0.15) is 31.4 Å². The highest BCUT2D eigenvalue weighted by molar-refractivity contribution is 6.30. The van der Waals surface area contributed by atoms with Gasteiger partial charge in [-0.15, -0.1) is 0 Å². The molecule has 1 aliphatic rings. The van der Waals surface area contributed by atoms with E-state index in [1.54, 1.807) is 6.20 Å². The molecule has 0 radical (unpaired) electrons. The Morgan fingerprint density at radius 1 is 1.38 bits per heavy atom. The predicted octanol–water partition coefficient (Wildman–Crippen LogP) is 2.11. The highest BCUT2D eigenvalue weighted by Gasteiger charge is 2.46. The lowest BCUT2D eigenvalue weighted by Crippen LogP contribution is -2.35. The van der Waals surface area contributed by atoms with Gasteiger partial charge < -0.3 is 4.74 Å². The average molecular weight is 241 g/mol. The molecule has 1 fully saturated rings. The second kappa shape index (κ2) is 4.37. The van der Waals surface area contributed by atoms with Crippen LogP contribution in [0.25, 0.3) is 0 Å². The Kier molecular flexibility index (Phi) is 3.10. The zero-order valence-electron chi connectivity index (χ0n) is 9.07. The van der Waals surface area contributed by atoms with Crippen LogP contribution in [-0.4, -0.2) is 23.0 Å². The lowest BCUT2D eigenvalue weighted by molar-refractivity contribution is -0.147. The second-order valence-electron chi connectivity index (χ2n) is 3.98. The fraction of sp³-hybridized carbons (Fsp3) is 0.545. The van der Waals surface area contributed by atoms with Gasteiger partial charge in [0.05, 0.1) is 12.8 Å². The quantitative estimate of drug-likeness (QED) is 0.743. The molecule has 86 valence electrons. The molecule has 0 N–H and O–H groups in total. The molecule has 1 aromatic heterocycles. The lowest BCUT2D eigenvalue weighted by Gasteiger charge is -2.25. The van der Waals surface area contributed by atoms with Gasteiger partial charge in [0.15, 0.2) is 5.15 Å². The van der Waals surface area contributed by atoms with Crippen molar-refractivity contribution in [3.8, 4) is 0 Å². The Hall–Kier alpha value is -1.16. The van der Waals surface area contributed by atoms with Crippen LogP contribution >= 0.6 is 11.6 Å². The summed E-state index contributed by atoms with van der Waals surface area (Å²) >= 11 is 6.01. The van der Waals surface area contributed by atoms with Crippen LogP contribution in [0.2, 0.25) is 5.15 Å². The smallest absolute Gasteiger partial charge is 0.318 e. The molecule has 0 saturated heterocycles. The highest BCUT2D eigenvalue weighted by Crippen LogP contribution is 2.43. The number of rotatable bonds is 2. The van der Waals surface area contributed by atoms with E-state index in [-0.39, 0.29) is 5.97 Å². The van der Waals surface area contributed by atoms with E-state index < -0.39 is 5.41 Å². The molecule has 1 saturated carbocycles. The van der Waals surface area contributed by atoms with Gasteiger partial charge in [-0.2, -0.15) is 0 Å². The summed E-state index contributed by atoms with van der Waals surface area (Å²) in [4.78, 5) is 20.1. The third kappa shape index (κ3) is 1.67. The third-order valence-electron chi connectivity index (χ3n) is 3.14. The number of carbonyl (C=O) groups is 1. The molecule has 2 rings (SSSR count). The summed E-state index contributed by atoms with van der Waals surface area (Å²) in [7, 11) is 1.40. The van der Waals surface area contributed by atoms with E-state index in [0.29, 0.717) is 10.8 Å². The molecular weight excluding hydrogens is 228 g/mol. The molecule has 4 nitrogen and oxygen atoms in total. The van der Waals surface area contributed by atoms with Crippen LogP contribution < -0.4 is 0 Å². The first-order chi connectivity index (χ1) is 7.70. The van der Waals surface area contributed by atoms with Crippen molar-refractivity contribution in [2.45, 2.75) is 31.1 Å². The fourth-order valence-corrected chi connectivity index (χ4v) is 2.64. The number of carbonyl (C=O) groups excluding carboxylic acids is 1. The van der Waals surface area contributed by atoms with Gasteiger partial charge in [0.2, 0.25) is 0 Å². The summed E-state index contributed by atoms with van der Waals surface area (Å²) in [5.74, 6) is -0.257. The Morgan fingerprint density at radius 2 is 2.00 bits per heavy atom. The minimum absolute atomic E-state index is 0.257. The van der Waals surface area contributed by atoms with Crippen LogP contribution in [-0.2, 0) is 14.9 Å². The number of halogens is 1. The monoisotopic (exact) mass is 240 g/mol. The minimum atomic E-state index is -0.680. The molecule has 0 unspecified atom stereocenters. The van der Waals surface area contributed by atoms with Crippen LogP contribution in [0.3, 0.4) is 0 Å². The van der Waals surface area contributed by atoms with Gasteiger partial charge >= 0.3 is 5.97 Å². The predicted molar refractivity (Wildman–Crippen MR) is 59.2 cm³/mol. The summed E-state index contributed by atoms with van der Waals surface area (Å²) < 4.78 is 4.88. The van der Waals surface area contributed by atoms with E-state index in [9.17, 15) is 4.79 Å². The van der Waals surface area contributed by atoms with Gasteiger partial charge in [-0.25, -0.2) is 4.98 Å². The maximum atomic E-state index is 11.9. The Labute approximate surface area is 99.0 Å². The standard InChI is InChI=1S/C11H13ClN2O2/c1-16-10(15)11(4-2-3-5-11)8-9(12)14-7-6-13-8/h6-7H,2-5H2,1H3. The van der Waals surface area contributed by atoms with Crippen LogP contribution in [0.4, 0.5) is 0 Å². The van der Waals surface area contributed by atoms with Gasteiger partial charge in [-0.3, -0.25) is 9.78 Å². The van der Waals surface area contributed by atoms with Crippen molar-refractivity contribution in [3.63, 3.8) is 0 Å². The van der Waals surface area contributed by atoms with Crippen LogP contribution in [0.5, 0.6) is 0 Å². The topological polar surface area (TPSA) is 52.1 Å². The molecule has 0 amide bonds. The van der Waals surface area contributed by atoms with Gasteiger partial charge in [0.1, 0.15) is 5.41 Å². The van der Waals surface area contributed by atoms with Gasteiger partial charge in [-0.1, -0.05) is 24.4 Å². The molecule has 0 spiro atoms. The Morgan fingerprint density at radius 3 is 2.56 bits per heavy atom. The zero-order valence-corrected chi connectivity index (χ0v) is 9.83. The molecule has 16 heavy (non-hydrogen) atoms. The van der Waals surface area contributed by atoms with Crippen LogP contribution in [0, 0.1) is 0 Å². The molecule has 1 aliphatic carbocycles. The number of nitrogens with zero attached hydrogens (tertiary/aromatic N) is 2. The first kappa shape index (κ1) is 11.3. The van der Waals surface area contributed by atoms with Crippen molar-refractivity contribution in [1.82, 2.24) is 9.97 Å². The van der Waals surface area contributed by atoms with E-state index in [1.165, 1.54) is 13.3 Å². The summed E-state index contributed by atoms with van der Waals surface area (Å²) in [5.41, 5.74) is -0.124. The zero-order chi connectivity index (χ0) is 11.6. The highest BCUT2D eigenvalue weighted by atomic mass is 35.5. The number of ether oxygens (including phenoxy) is 1. The fourth-order valence-electron chi connectivity index (χ4n) is 2.35. The summed E-state index contributed by atoms with van der Waals surface area (Å²) in [6, 6.07) is 0. The third-order valence-corrected chi connectivity index (χ3v) is 3.42. The minimum Gasteiger partial charge on any atom is -0.468 e. The summed E-state index contributed by atoms with van der Waals surface area (Å²) in [5, 5.41) is 0.301. The first-order valence-electron chi connectivity index (χ1n) is 5.26. The molecule has 0 atom stereocenters. The number of hydrogen-bond acceptors (Lipinski definition) is 4. The van der Waals surface area contributed by atoms with Gasteiger partial charge in [0.25, 0.3) is 0 Å². The Balaban J connectivity index is 2.48. The number of methoxy groups -OCH3 is 1. The van der Waals surface area contributed by atoms with Crippen molar-refractivity contribution in [3.05, 3.63) is 23.2 Å². The van der Waals surface area contributed by atoms with Crippen LogP contribution in [0.15, 0.2) is 12.4 Å². The maximum absolute atomic E-state index is 11.9. The van der Waals surface area contributed by atoms with Crippen molar-refractivity contribution in [1.29, 1.82) is 0 Å². The van der Waals surface area contributed by atoms with E-state index >= 15 is 0 Å². The summed E-state index contributed by atoms with van der Waals surface area (Å²) in [6.07, 6.45) is 6.52. The SMILES string of the molecule is COC(=O)C1(c2nccnc2Cl)CCCC1. The van der Waals surface area contributed by atoms with Crippen molar-refractivity contribution in [2.24, 2.45) is 0 Å². The average Bonchev–Trinajstić information content (AvgIpc) is 2.79. The largest absolute Gasteiger partial charge is 0.468 e. The van der Waals surface area contributed by atoms with E-state index in [2.05, 4.69) is 9.97 Å². The van der Waals surface area contributed by atoms with Gasteiger partial charge in [-0.05, 0) is 12.8 Å². The van der Waals surface area contributed by atoms with Gasteiger partial charge in [0, 0.05) is 12.4 Å². The molecule has 0 aliphatic heterocycles. The van der Waals surface area contributed by atoms with E-state index in [1.807, 2.05) is 0 Å². The second-order valence-corrected chi connectivity index (χ2v) is 4.33. The molecule has 0 bridgehead atoms. The van der Waals surface area contributed by atoms with E-state index in [4.69, 9.17) is 16.3 Å². The van der Waals surface area contributed by atoms with E-state index in [0.717, 1.165) is 25.7 Å².